The lowest BCUT2D eigenvalue weighted by molar-refractivity contribution is -0.140. The highest BCUT2D eigenvalue weighted by molar-refractivity contribution is 7.89. The second-order valence-corrected chi connectivity index (χ2v) is 9.48. The zero-order valence-electron chi connectivity index (χ0n) is 18.0. The second-order valence-electron chi connectivity index (χ2n) is 7.58. The molecular weight excluding hydrogens is 392 g/mol. The minimum Gasteiger partial charge on any atom is -0.452 e. The molecule has 1 amide bonds. The molecule has 2 rings (SSSR count). The van der Waals surface area contributed by atoms with E-state index >= 15 is 0 Å². The van der Waals surface area contributed by atoms with Crippen LogP contribution < -0.4 is 0 Å². The van der Waals surface area contributed by atoms with Crippen molar-refractivity contribution in [2.24, 2.45) is 0 Å². The summed E-state index contributed by atoms with van der Waals surface area (Å²) >= 11 is 0. The summed E-state index contributed by atoms with van der Waals surface area (Å²) in [6.45, 7) is 9.56. The van der Waals surface area contributed by atoms with Crippen LogP contribution in [0.4, 0.5) is 0 Å². The minimum absolute atomic E-state index is 0.0836. The van der Waals surface area contributed by atoms with Crippen LogP contribution in [-0.4, -0.2) is 61.3 Å². The Morgan fingerprint density at radius 1 is 1.14 bits per heavy atom. The molecule has 0 unspecified atom stereocenters. The lowest BCUT2D eigenvalue weighted by Crippen LogP contribution is -2.49. The highest BCUT2D eigenvalue weighted by Crippen LogP contribution is 2.24. The molecule has 0 aromatic heterocycles. The number of carbonyl (C=O) groups excluding carboxylic acids is 2. The van der Waals surface area contributed by atoms with E-state index in [0.29, 0.717) is 18.7 Å². The molecule has 1 heterocycles. The molecule has 0 spiro atoms. The van der Waals surface area contributed by atoms with Gasteiger partial charge in [-0.2, -0.15) is 4.31 Å². The first-order chi connectivity index (χ1) is 13.6. The maximum atomic E-state index is 12.8. The van der Waals surface area contributed by atoms with E-state index in [-0.39, 0.29) is 35.1 Å². The third-order valence-corrected chi connectivity index (χ3v) is 7.75. The van der Waals surface area contributed by atoms with E-state index in [0.717, 1.165) is 19.3 Å². The summed E-state index contributed by atoms with van der Waals surface area (Å²) < 4.78 is 32.3. The first-order valence-corrected chi connectivity index (χ1v) is 11.7. The first-order valence-electron chi connectivity index (χ1n) is 10.2. The molecule has 7 nitrogen and oxygen atoms in total. The smallest absolute Gasteiger partial charge is 0.338 e. The number of carbonyl (C=O) groups is 2. The molecule has 2 atom stereocenters. The predicted octanol–water partition coefficient (Wildman–Crippen LogP) is 2.97. The monoisotopic (exact) mass is 424 g/mol. The molecule has 162 valence electrons. The number of amides is 1. The Labute approximate surface area is 174 Å². The van der Waals surface area contributed by atoms with Crippen LogP contribution in [0.1, 0.15) is 62.9 Å². The summed E-state index contributed by atoms with van der Waals surface area (Å²) in [6, 6.07) is 4.69. The van der Waals surface area contributed by atoms with Gasteiger partial charge >= 0.3 is 5.97 Å². The molecule has 1 saturated heterocycles. The van der Waals surface area contributed by atoms with Gasteiger partial charge in [-0.05, 0) is 57.7 Å². The number of aryl methyl sites for hydroxylation is 1. The fraction of sp³-hybridized carbons (Fsp3) is 0.619. The van der Waals surface area contributed by atoms with E-state index in [1.54, 1.807) is 31.7 Å². The summed E-state index contributed by atoms with van der Waals surface area (Å²) in [5.41, 5.74) is 0.675. The summed E-state index contributed by atoms with van der Waals surface area (Å²) in [7, 11) is -3.70. The van der Waals surface area contributed by atoms with Gasteiger partial charge in [-0.1, -0.05) is 19.9 Å². The summed E-state index contributed by atoms with van der Waals surface area (Å²) in [5.74, 6) is -0.923. The summed E-state index contributed by atoms with van der Waals surface area (Å²) in [4.78, 5) is 26.9. The van der Waals surface area contributed by atoms with Crippen molar-refractivity contribution in [3.63, 3.8) is 0 Å². The van der Waals surface area contributed by atoms with Crippen LogP contribution in [-0.2, 0) is 19.6 Å². The number of hydrogen-bond donors (Lipinski definition) is 0. The third-order valence-electron chi connectivity index (χ3n) is 5.56. The lowest BCUT2D eigenvalue weighted by atomic mass is 9.97. The zero-order valence-corrected chi connectivity index (χ0v) is 18.8. The molecule has 0 N–H and O–H groups in total. The normalized spacial score (nSPS) is 20.0. The van der Waals surface area contributed by atoms with E-state index in [1.807, 2.05) is 13.8 Å². The van der Waals surface area contributed by atoms with Crippen LogP contribution in [0.3, 0.4) is 0 Å². The third kappa shape index (κ3) is 5.17. The average molecular weight is 425 g/mol. The minimum atomic E-state index is -3.70. The molecule has 1 aliphatic rings. The van der Waals surface area contributed by atoms with Crippen LogP contribution in [0.5, 0.6) is 0 Å². The highest BCUT2D eigenvalue weighted by atomic mass is 32.2. The van der Waals surface area contributed by atoms with Crippen molar-refractivity contribution in [3.8, 4) is 0 Å². The van der Waals surface area contributed by atoms with Gasteiger partial charge in [0.1, 0.15) is 0 Å². The van der Waals surface area contributed by atoms with Crippen molar-refractivity contribution < 1.29 is 22.7 Å². The number of piperidine rings is 1. The largest absolute Gasteiger partial charge is 0.452 e. The maximum absolute atomic E-state index is 12.8. The fourth-order valence-corrected chi connectivity index (χ4v) is 5.61. The molecule has 0 saturated carbocycles. The van der Waals surface area contributed by atoms with Crippen molar-refractivity contribution in [2.75, 3.05) is 19.7 Å². The topological polar surface area (TPSA) is 84.0 Å². The number of hydrogen-bond acceptors (Lipinski definition) is 5. The number of rotatable bonds is 7. The van der Waals surface area contributed by atoms with Crippen LogP contribution in [0.25, 0.3) is 0 Å². The van der Waals surface area contributed by atoms with Crippen molar-refractivity contribution in [1.29, 1.82) is 0 Å². The fourth-order valence-electron chi connectivity index (χ4n) is 3.91. The number of sulfonamides is 1. The molecule has 0 bridgehead atoms. The molecule has 0 radical (unpaired) electrons. The Balaban J connectivity index is 2.15. The average Bonchev–Trinajstić information content (AvgIpc) is 2.66. The molecule has 1 aromatic rings. The van der Waals surface area contributed by atoms with Gasteiger partial charge in [0.15, 0.2) is 6.61 Å². The predicted molar refractivity (Wildman–Crippen MR) is 111 cm³/mol. The van der Waals surface area contributed by atoms with Gasteiger partial charge in [0.05, 0.1) is 10.5 Å². The zero-order chi connectivity index (χ0) is 21.8. The van der Waals surface area contributed by atoms with Crippen molar-refractivity contribution in [2.45, 2.75) is 70.9 Å². The molecule has 1 fully saturated rings. The molecule has 1 aromatic carbocycles. The van der Waals surface area contributed by atoms with Gasteiger partial charge in [0, 0.05) is 25.2 Å². The first kappa shape index (κ1) is 23.3. The van der Waals surface area contributed by atoms with Crippen molar-refractivity contribution >= 4 is 21.9 Å². The van der Waals surface area contributed by atoms with E-state index in [2.05, 4.69) is 0 Å². The van der Waals surface area contributed by atoms with Crippen LogP contribution in [0.2, 0.25) is 0 Å². The number of ether oxygens (including phenoxy) is 1. The summed E-state index contributed by atoms with van der Waals surface area (Å²) in [6.07, 6.45) is 2.96. The van der Waals surface area contributed by atoms with E-state index < -0.39 is 16.0 Å². The summed E-state index contributed by atoms with van der Waals surface area (Å²) in [5, 5.41) is 0. The van der Waals surface area contributed by atoms with Gasteiger partial charge in [0.25, 0.3) is 5.91 Å². The van der Waals surface area contributed by atoms with Crippen molar-refractivity contribution in [3.05, 3.63) is 29.3 Å². The number of benzene rings is 1. The van der Waals surface area contributed by atoms with E-state index in [1.165, 1.54) is 16.4 Å². The Bertz CT molecular complexity index is 839. The number of esters is 1. The molecule has 8 heteroatoms. The highest BCUT2D eigenvalue weighted by Gasteiger charge is 2.30. The van der Waals surface area contributed by atoms with Gasteiger partial charge in [0.2, 0.25) is 10.0 Å². The molecule has 0 aliphatic carbocycles. The SMILES string of the molecule is CCN(CC)S(=O)(=O)c1cc(C(=O)OCC(=O)N2[C@@H](C)CCC[C@@H]2C)ccc1C. The molecular formula is C21H32N2O5S. The molecule has 1 aliphatic heterocycles. The number of likely N-dealkylation sites (tertiary alicyclic amines) is 1. The van der Waals surface area contributed by atoms with Gasteiger partial charge in [-0.15, -0.1) is 0 Å². The van der Waals surface area contributed by atoms with Crippen LogP contribution in [0, 0.1) is 6.92 Å². The van der Waals surface area contributed by atoms with E-state index in [4.69, 9.17) is 4.74 Å². The maximum Gasteiger partial charge on any atom is 0.338 e. The number of nitrogens with zero attached hydrogens (tertiary/aromatic N) is 2. The van der Waals surface area contributed by atoms with E-state index in [9.17, 15) is 18.0 Å². The Kier molecular flexibility index (Phi) is 7.82. The van der Waals surface area contributed by atoms with Crippen LogP contribution in [0.15, 0.2) is 23.1 Å². The Morgan fingerprint density at radius 3 is 2.28 bits per heavy atom. The quantitative estimate of drug-likeness (QED) is 0.629. The lowest BCUT2D eigenvalue weighted by Gasteiger charge is -2.38. The van der Waals surface area contributed by atoms with Gasteiger partial charge in [-0.25, -0.2) is 13.2 Å². The molecule has 29 heavy (non-hydrogen) atoms. The Morgan fingerprint density at radius 2 is 1.72 bits per heavy atom. The van der Waals surface area contributed by atoms with Crippen LogP contribution >= 0.6 is 0 Å². The second kappa shape index (κ2) is 9.71. The van der Waals surface area contributed by atoms with Gasteiger partial charge in [-0.3, -0.25) is 4.79 Å². The Hall–Kier alpha value is -1.93. The van der Waals surface area contributed by atoms with Gasteiger partial charge < -0.3 is 9.64 Å². The van der Waals surface area contributed by atoms with Crippen molar-refractivity contribution in [1.82, 2.24) is 9.21 Å². The standard InChI is InChI=1S/C21H32N2O5S/c1-6-22(7-2)29(26,27)19-13-18(12-11-15(19)3)21(25)28-14-20(24)23-16(4)9-8-10-17(23)5/h11-13,16-17H,6-10,14H2,1-5H3/t16-,17-/m0/s1.